The SMILES string of the molecule is COC(=O)c1cnc2c(Cl)ccc(F)c2c1Cl. The van der Waals surface area contributed by atoms with E-state index in [0.29, 0.717) is 0 Å². The van der Waals surface area contributed by atoms with Gasteiger partial charge in [-0.1, -0.05) is 23.2 Å². The van der Waals surface area contributed by atoms with Crippen molar-refractivity contribution >= 4 is 40.1 Å². The van der Waals surface area contributed by atoms with Gasteiger partial charge < -0.3 is 4.74 Å². The molecule has 3 nitrogen and oxygen atoms in total. The number of ether oxygens (including phenoxy) is 1. The van der Waals surface area contributed by atoms with E-state index in [1.807, 2.05) is 0 Å². The molecule has 2 rings (SSSR count). The molecule has 0 spiro atoms. The Morgan fingerprint density at radius 3 is 2.76 bits per heavy atom. The number of nitrogens with zero attached hydrogens (tertiary/aromatic N) is 1. The minimum atomic E-state index is -0.677. The van der Waals surface area contributed by atoms with Gasteiger partial charge >= 0.3 is 5.97 Å². The van der Waals surface area contributed by atoms with Crippen LogP contribution in [0.15, 0.2) is 18.3 Å². The summed E-state index contributed by atoms with van der Waals surface area (Å²) >= 11 is 11.8. The number of aromatic nitrogens is 1. The topological polar surface area (TPSA) is 39.2 Å². The summed E-state index contributed by atoms with van der Waals surface area (Å²) in [6, 6.07) is 2.54. The van der Waals surface area contributed by atoms with Crippen LogP contribution in [0.3, 0.4) is 0 Å². The van der Waals surface area contributed by atoms with E-state index < -0.39 is 11.8 Å². The maximum atomic E-state index is 13.6. The molecule has 0 N–H and O–H groups in total. The van der Waals surface area contributed by atoms with Crippen LogP contribution in [0.2, 0.25) is 10.0 Å². The summed E-state index contributed by atoms with van der Waals surface area (Å²) in [4.78, 5) is 15.3. The molecule has 0 saturated carbocycles. The van der Waals surface area contributed by atoms with Crippen LogP contribution >= 0.6 is 23.2 Å². The highest BCUT2D eigenvalue weighted by Gasteiger charge is 2.18. The quantitative estimate of drug-likeness (QED) is 0.747. The van der Waals surface area contributed by atoms with Crippen molar-refractivity contribution in [3.63, 3.8) is 0 Å². The lowest BCUT2D eigenvalue weighted by Crippen LogP contribution is -2.04. The van der Waals surface area contributed by atoms with Gasteiger partial charge in [0, 0.05) is 6.20 Å². The molecule has 6 heteroatoms. The number of methoxy groups -OCH3 is 1. The normalized spacial score (nSPS) is 10.6. The van der Waals surface area contributed by atoms with Crippen LogP contribution in [-0.4, -0.2) is 18.1 Å². The first-order chi connectivity index (χ1) is 8.06. The van der Waals surface area contributed by atoms with E-state index in [1.165, 1.54) is 25.4 Å². The molecule has 0 aliphatic carbocycles. The fourth-order valence-electron chi connectivity index (χ4n) is 1.45. The minimum absolute atomic E-state index is 0.00262. The summed E-state index contributed by atoms with van der Waals surface area (Å²) < 4.78 is 18.2. The zero-order valence-corrected chi connectivity index (χ0v) is 10.1. The van der Waals surface area contributed by atoms with Crippen molar-refractivity contribution in [2.24, 2.45) is 0 Å². The maximum Gasteiger partial charge on any atom is 0.340 e. The standard InChI is InChI=1S/C11H6Cl2FNO2/c1-17-11(16)5-4-15-10-6(12)2-3-7(14)8(10)9(5)13/h2-4H,1H3. The molecule has 1 aromatic carbocycles. The fourth-order valence-corrected chi connectivity index (χ4v) is 1.96. The molecule has 88 valence electrons. The first kappa shape index (κ1) is 12.1. The lowest BCUT2D eigenvalue weighted by Gasteiger charge is -2.07. The van der Waals surface area contributed by atoms with E-state index in [-0.39, 0.29) is 26.5 Å². The number of pyridine rings is 1. The first-order valence-corrected chi connectivity index (χ1v) is 5.32. The highest BCUT2D eigenvalue weighted by molar-refractivity contribution is 6.40. The van der Waals surface area contributed by atoms with Crippen molar-refractivity contribution in [3.8, 4) is 0 Å². The van der Waals surface area contributed by atoms with E-state index >= 15 is 0 Å². The van der Waals surface area contributed by atoms with Crippen LogP contribution in [0.5, 0.6) is 0 Å². The number of hydrogen-bond acceptors (Lipinski definition) is 3. The van der Waals surface area contributed by atoms with E-state index in [1.54, 1.807) is 0 Å². The molecule has 0 atom stereocenters. The van der Waals surface area contributed by atoms with E-state index in [4.69, 9.17) is 23.2 Å². The third-order valence-electron chi connectivity index (χ3n) is 2.26. The van der Waals surface area contributed by atoms with Crippen LogP contribution in [-0.2, 0) is 4.74 Å². The third-order valence-corrected chi connectivity index (χ3v) is 2.96. The van der Waals surface area contributed by atoms with E-state index in [2.05, 4.69) is 9.72 Å². The Hall–Kier alpha value is -1.39. The van der Waals surface area contributed by atoms with Crippen LogP contribution in [0.25, 0.3) is 10.9 Å². The number of esters is 1. The van der Waals surface area contributed by atoms with Crippen molar-refractivity contribution in [1.82, 2.24) is 4.98 Å². The largest absolute Gasteiger partial charge is 0.465 e. The highest BCUT2D eigenvalue weighted by atomic mass is 35.5. The Balaban J connectivity index is 2.84. The van der Waals surface area contributed by atoms with Crippen molar-refractivity contribution in [2.75, 3.05) is 7.11 Å². The number of rotatable bonds is 1. The molecule has 1 heterocycles. The zero-order valence-electron chi connectivity index (χ0n) is 8.63. The molecule has 0 aliphatic heterocycles. The van der Waals surface area contributed by atoms with Crippen LogP contribution in [0.4, 0.5) is 4.39 Å². The molecular weight excluding hydrogens is 268 g/mol. The summed E-state index contributed by atoms with van der Waals surface area (Å²) in [6.07, 6.45) is 1.21. The van der Waals surface area contributed by atoms with Gasteiger partial charge in [-0.25, -0.2) is 9.18 Å². The Kier molecular flexibility index (Phi) is 3.17. The minimum Gasteiger partial charge on any atom is -0.465 e. The predicted molar refractivity (Wildman–Crippen MR) is 63.1 cm³/mol. The molecule has 0 saturated heterocycles. The first-order valence-electron chi connectivity index (χ1n) is 4.56. The number of hydrogen-bond donors (Lipinski definition) is 0. The molecule has 0 bridgehead atoms. The smallest absolute Gasteiger partial charge is 0.340 e. The van der Waals surface area contributed by atoms with Gasteiger partial charge in [-0.3, -0.25) is 4.98 Å². The van der Waals surface area contributed by atoms with Crippen LogP contribution < -0.4 is 0 Å². The van der Waals surface area contributed by atoms with Gasteiger partial charge in [0.05, 0.1) is 33.6 Å². The molecule has 2 aromatic rings. The predicted octanol–water partition coefficient (Wildman–Crippen LogP) is 3.47. The van der Waals surface area contributed by atoms with Crippen LogP contribution in [0, 0.1) is 5.82 Å². The third kappa shape index (κ3) is 1.94. The van der Waals surface area contributed by atoms with E-state index in [0.717, 1.165) is 0 Å². The van der Waals surface area contributed by atoms with Gasteiger partial charge in [0.15, 0.2) is 0 Å². The Bertz CT molecular complexity index is 616. The molecule has 0 unspecified atom stereocenters. The number of fused-ring (bicyclic) bond motifs is 1. The molecule has 17 heavy (non-hydrogen) atoms. The number of carbonyl (C=O) groups is 1. The molecular formula is C11H6Cl2FNO2. The summed E-state index contributed by atoms with van der Waals surface area (Å²) in [5.74, 6) is -1.27. The molecule has 0 radical (unpaired) electrons. The lowest BCUT2D eigenvalue weighted by molar-refractivity contribution is 0.0600. The van der Waals surface area contributed by atoms with Gasteiger partial charge in [-0.05, 0) is 12.1 Å². The van der Waals surface area contributed by atoms with Crippen molar-refractivity contribution in [3.05, 3.63) is 39.8 Å². The summed E-state index contributed by atoms with van der Waals surface area (Å²) in [7, 11) is 1.21. The van der Waals surface area contributed by atoms with Gasteiger partial charge in [0.1, 0.15) is 5.82 Å². The van der Waals surface area contributed by atoms with Gasteiger partial charge in [0.25, 0.3) is 0 Å². The monoisotopic (exact) mass is 273 g/mol. The summed E-state index contributed by atoms with van der Waals surface area (Å²) in [5.41, 5.74) is 0.215. The van der Waals surface area contributed by atoms with E-state index in [9.17, 15) is 9.18 Å². The highest BCUT2D eigenvalue weighted by Crippen LogP contribution is 2.32. The Morgan fingerprint density at radius 1 is 1.41 bits per heavy atom. The second-order valence-electron chi connectivity index (χ2n) is 3.23. The number of carbonyl (C=O) groups excluding carboxylic acids is 1. The Labute approximate surface area is 106 Å². The second-order valence-corrected chi connectivity index (χ2v) is 4.02. The average molecular weight is 274 g/mol. The van der Waals surface area contributed by atoms with Gasteiger partial charge in [-0.15, -0.1) is 0 Å². The van der Waals surface area contributed by atoms with Gasteiger partial charge in [-0.2, -0.15) is 0 Å². The number of halogens is 3. The van der Waals surface area contributed by atoms with Gasteiger partial charge in [0.2, 0.25) is 0 Å². The molecule has 0 fully saturated rings. The van der Waals surface area contributed by atoms with Crippen molar-refractivity contribution in [1.29, 1.82) is 0 Å². The van der Waals surface area contributed by atoms with Crippen molar-refractivity contribution < 1.29 is 13.9 Å². The average Bonchev–Trinajstić information content (AvgIpc) is 2.33. The summed E-state index contributed by atoms with van der Waals surface area (Å²) in [5, 5.41) is 0.226. The van der Waals surface area contributed by atoms with Crippen molar-refractivity contribution in [2.45, 2.75) is 0 Å². The Morgan fingerprint density at radius 2 is 2.12 bits per heavy atom. The number of benzene rings is 1. The zero-order chi connectivity index (χ0) is 12.6. The maximum absolute atomic E-state index is 13.6. The van der Waals surface area contributed by atoms with Crippen LogP contribution in [0.1, 0.15) is 10.4 Å². The summed E-state index contributed by atoms with van der Waals surface area (Å²) in [6.45, 7) is 0. The lowest BCUT2D eigenvalue weighted by atomic mass is 10.1. The molecule has 1 aromatic heterocycles. The molecule has 0 amide bonds. The molecule has 0 aliphatic rings. The second kappa shape index (κ2) is 4.47. The fraction of sp³-hybridized carbons (Fsp3) is 0.0909.